The van der Waals surface area contributed by atoms with E-state index < -0.39 is 0 Å². The molecular weight excluding hydrogens is 328 g/mol. The molecule has 1 aromatic rings. The monoisotopic (exact) mass is 354 g/mol. The topological polar surface area (TPSA) is 38.5 Å². The maximum absolute atomic E-state index is 6.35. The molecule has 0 heterocycles. The highest BCUT2D eigenvalue weighted by Gasteiger charge is 2.36. The Morgan fingerprint density at radius 2 is 2.10 bits per heavy atom. The van der Waals surface area contributed by atoms with Crippen LogP contribution in [-0.2, 0) is 4.74 Å². The molecule has 0 aliphatic heterocycles. The van der Waals surface area contributed by atoms with Gasteiger partial charge in [0.25, 0.3) is 0 Å². The molecule has 1 aromatic carbocycles. The van der Waals surface area contributed by atoms with Crippen LogP contribution >= 0.6 is 15.9 Å². The summed E-state index contributed by atoms with van der Waals surface area (Å²) in [5, 5.41) is 0. The standard InChI is InChI=1S/C17H27BrN2O/c1-12(19)17(15-5-4-6-16(18)11-15)20(9-10-21-3)13(2)14-7-8-14/h4-6,11-14,17H,7-10,19H2,1-3H3. The summed E-state index contributed by atoms with van der Waals surface area (Å²) in [5.74, 6) is 0.815. The van der Waals surface area contributed by atoms with Crippen molar-refractivity contribution in [1.29, 1.82) is 0 Å². The second kappa shape index (κ2) is 7.73. The maximum Gasteiger partial charge on any atom is 0.0590 e. The summed E-state index contributed by atoms with van der Waals surface area (Å²) in [4.78, 5) is 2.54. The summed E-state index contributed by atoms with van der Waals surface area (Å²) >= 11 is 3.58. The third-order valence-electron chi connectivity index (χ3n) is 4.43. The van der Waals surface area contributed by atoms with Gasteiger partial charge >= 0.3 is 0 Å². The minimum absolute atomic E-state index is 0.0809. The molecule has 3 atom stereocenters. The van der Waals surface area contributed by atoms with E-state index in [0.29, 0.717) is 6.04 Å². The molecule has 1 fully saturated rings. The fourth-order valence-corrected chi connectivity index (χ4v) is 3.55. The third kappa shape index (κ3) is 4.52. The fraction of sp³-hybridized carbons (Fsp3) is 0.647. The Labute approximate surface area is 137 Å². The van der Waals surface area contributed by atoms with Gasteiger partial charge in [0.05, 0.1) is 12.6 Å². The molecule has 3 nitrogen and oxygen atoms in total. The van der Waals surface area contributed by atoms with E-state index in [0.717, 1.165) is 23.5 Å². The minimum Gasteiger partial charge on any atom is -0.383 e. The van der Waals surface area contributed by atoms with Crippen LogP contribution in [0.3, 0.4) is 0 Å². The number of hydrogen-bond acceptors (Lipinski definition) is 3. The van der Waals surface area contributed by atoms with Crippen molar-refractivity contribution in [2.75, 3.05) is 20.3 Å². The van der Waals surface area contributed by atoms with Crippen molar-refractivity contribution in [3.63, 3.8) is 0 Å². The van der Waals surface area contributed by atoms with E-state index >= 15 is 0 Å². The van der Waals surface area contributed by atoms with E-state index in [1.807, 2.05) is 0 Å². The molecule has 0 spiro atoms. The second-order valence-corrected chi connectivity index (χ2v) is 7.08. The lowest BCUT2D eigenvalue weighted by Crippen LogP contribution is -2.46. The first-order chi connectivity index (χ1) is 10.0. The van der Waals surface area contributed by atoms with Gasteiger partial charge < -0.3 is 10.5 Å². The molecule has 0 aromatic heterocycles. The summed E-state index contributed by atoms with van der Waals surface area (Å²) < 4.78 is 6.43. The average molecular weight is 355 g/mol. The van der Waals surface area contributed by atoms with Crippen LogP contribution in [0.15, 0.2) is 28.7 Å². The van der Waals surface area contributed by atoms with Crippen LogP contribution in [0.2, 0.25) is 0 Å². The number of nitrogens with zero attached hydrogens (tertiary/aromatic N) is 1. The van der Waals surface area contributed by atoms with Crippen molar-refractivity contribution in [3.8, 4) is 0 Å². The fourth-order valence-electron chi connectivity index (χ4n) is 3.13. The molecule has 2 rings (SSSR count). The Morgan fingerprint density at radius 1 is 1.38 bits per heavy atom. The number of nitrogens with two attached hydrogens (primary N) is 1. The summed E-state index contributed by atoms with van der Waals surface area (Å²) in [7, 11) is 1.76. The first-order valence-electron chi connectivity index (χ1n) is 7.80. The van der Waals surface area contributed by atoms with Crippen molar-refractivity contribution >= 4 is 15.9 Å². The molecule has 21 heavy (non-hydrogen) atoms. The first-order valence-corrected chi connectivity index (χ1v) is 8.59. The summed E-state index contributed by atoms with van der Waals surface area (Å²) in [6, 6.07) is 9.38. The van der Waals surface area contributed by atoms with Crippen molar-refractivity contribution in [1.82, 2.24) is 4.90 Å². The number of methoxy groups -OCH3 is 1. The molecule has 3 unspecified atom stereocenters. The number of rotatable bonds is 8. The van der Waals surface area contributed by atoms with Crippen molar-refractivity contribution in [2.24, 2.45) is 11.7 Å². The van der Waals surface area contributed by atoms with Crippen LogP contribution in [-0.4, -0.2) is 37.2 Å². The van der Waals surface area contributed by atoms with Gasteiger partial charge in [-0.15, -0.1) is 0 Å². The largest absolute Gasteiger partial charge is 0.383 e. The van der Waals surface area contributed by atoms with Crippen molar-refractivity contribution < 1.29 is 4.74 Å². The molecule has 1 aliphatic rings. The lowest BCUT2D eigenvalue weighted by atomic mass is 9.96. The Bertz CT molecular complexity index is 448. The molecule has 0 radical (unpaired) electrons. The van der Waals surface area contributed by atoms with Crippen LogP contribution < -0.4 is 5.73 Å². The van der Waals surface area contributed by atoms with E-state index in [4.69, 9.17) is 10.5 Å². The Kier molecular flexibility index (Phi) is 6.23. The van der Waals surface area contributed by atoms with Gasteiger partial charge in [-0.3, -0.25) is 4.90 Å². The van der Waals surface area contributed by atoms with Crippen molar-refractivity contribution in [3.05, 3.63) is 34.3 Å². The number of halogens is 1. The zero-order chi connectivity index (χ0) is 15.4. The Morgan fingerprint density at radius 3 is 2.62 bits per heavy atom. The van der Waals surface area contributed by atoms with Crippen molar-refractivity contribution in [2.45, 2.75) is 44.8 Å². The predicted molar refractivity (Wildman–Crippen MR) is 91.3 cm³/mol. The van der Waals surface area contributed by atoms with Crippen LogP contribution in [0, 0.1) is 5.92 Å². The smallest absolute Gasteiger partial charge is 0.0590 e. The highest BCUT2D eigenvalue weighted by molar-refractivity contribution is 9.10. The van der Waals surface area contributed by atoms with Gasteiger partial charge in [0.2, 0.25) is 0 Å². The lowest BCUT2D eigenvalue weighted by molar-refractivity contribution is 0.0719. The molecule has 0 amide bonds. The van der Waals surface area contributed by atoms with Gasteiger partial charge in [0, 0.05) is 30.2 Å². The molecule has 2 N–H and O–H groups in total. The lowest BCUT2D eigenvalue weighted by Gasteiger charge is -2.39. The summed E-state index contributed by atoms with van der Waals surface area (Å²) in [6.07, 6.45) is 2.68. The van der Waals surface area contributed by atoms with E-state index in [1.165, 1.54) is 18.4 Å². The molecule has 1 saturated carbocycles. The normalized spacial score (nSPS) is 19.5. The number of ether oxygens (including phenoxy) is 1. The Hall–Kier alpha value is -0.420. The van der Waals surface area contributed by atoms with Gasteiger partial charge in [0.15, 0.2) is 0 Å². The van der Waals surface area contributed by atoms with E-state index in [1.54, 1.807) is 7.11 Å². The third-order valence-corrected chi connectivity index (χ3v) is 4.92. The van der Waals surface area contributed by atoms with Gasteiger partial charge in [-0.1, -0.05) is 28.1 Å². The van der Waals surface area contributed by atoms with Crippen LogP contribution in [0.4, 0.5) is 0 Å². The molecular formula is C17H27BrN2O. The number of benzene rings is 1. The van der Waals surface area contributed by atoms with Gasteiger partial charge in [-0.2, -0.15) is 0 Å². The second-order valence-electron chi connectivity index (χ2n) is 6.17. The van der Waals surface area contributed by atoms with Crippen LogP contribution in [0.25, 0.3) is 0 Å². The summed E-state index contributed by atoms with van der Waals surface area (Å²) in [6.45, 7) is 6.10. The highest BCUT2D eigenvalue weighted by Crippen LogP contribution is 2.39. The molecule has 0 saturated heterocycles. The highest BCUT2D eigenvalue weighted by atomic mass is 79.9. The molecule has 0 bridgehead atoms. The molecule has 4 heteroatoms. The average Bonchev–Trinajstić information content (AvgIpc) is 3.26. The van der Waals surface area contributed by atoms with E-state index in [2.05, 4.69) is 58.9 Å². The SMILES string of the molecule is COCCN(C(C)C1CC1)C(c1cccc(Br)c1)C(C)N. The molecule has 118 valence electrons. The van der Waals surface area contributed by atoms with Gasteiger partial charge in [-0.25, -0.2) is 0 Å². The molecule has 1 aliphatic carbocycles. The minimum atomic E-state index is 0.0809. The van der Waals surface area contributed by atoms with Crippen LogP contribution in [0.5, 0.6) is 0 Å². The van der Waals surface area contributed by atoms with Crippen LogP contribution in [0.1, 0.15) is 38.3 Å². The van der Waals surface area contributed by atoms with E-state index in [9.17, 15) is 0 Å². The predicted octanol–water partition coefficient (Wildman–Crippen LogP) is 3.58. The zero-order valence-corrected chi connectivity index (χ0v) is 14.8. The van der Waals surface area contributed by atoms with Gasteiger partial charge in [0.1, 0.15) is 0 Å². The summed E-state index contributed by atoms with van der Waals surface area (Å²) in [5.41, 5.74) is 7.63. The first kappa shape index (κ1) is 16.9. The zero-order valence-electron chi connectivity index (χ0n) is 13.3. The van der Waals surface area contributed by atoms with E-state index in [-0.39, 0.29) is 12.1 Å². The van der Waals surface area contributed by atoms with Gasteiger partial charge in [-0.05, 0) is 50.3 Å². The quantitative estimate of drug-likeness (QED) is 0.775. The maximum atomic E-state index is 6.35. The number of hydrogen-bond donors (Lipinski definition) is 1. The Balaban J connectivity index is 2.26.